The number of aromatic nitrogens is 2. The van der Waals surface area contributed by atoms with E-state index in [-0.39, 0.29) is 0 Å². The van der Waals surface area contributed by atoms with Crippen molar-refractivity contribution in [1.29, 1.82) is 0 Å². The van der Waals surface area contributed by atoms with Gasteiger partial charge in [0, 0.05) is 17.3 Å². The summed E-state index contributed by atoms with van der Waals surface area (Å²) < 4.78 is 10.6. The summed E-state index contributed by atoms with van der Waals surface area (Å²) in [5, 5.41) is 13.6. The van der Waals surface area contributed by atoms with Crippen molar-refractivity contribution in [2.75, 3.05) is 19.5 Å². The normalized spacial score (nSPS) is 10.6. The molecule has 0 amide bonds. The van der Waals surface area contributed by atoms with Crippen molar-refractivity contribution in [1.82, 2.24) is 10.2 Å². The van der Waals surface area contributed by atoms with Crippen molar-refractivity contribution in [3.8, 4) is 11.5 Å². The third-order valence-electron chi connectivity index (χ3n) is 3.55. The van der Waals surface area contributed by atoms with E-state index < -0.39 is 0 Å². The Balaban J connectivity index is 1.85. The van der Waals surface area contributed by atoms with Crippen LogP contribution in [0.1, 0.15) is 5.56 Å². The second kappa shape index (κ2) is 6.71. The van der Waals surface area contributed by atoms with Crippen LogP contribution in [-0.4, -0.2) is 24.4 Å². The van der Waals surface area contributed by atoms with Gasteiger partial charge in [-0.1, -0.05) is 41.9 Å². The Bertz CT molecular complexity index is 839. The number of rotatable bonds is 5. The lowest BCUT2D eigenvalue weighted by Gasteiger charge is -2.11. The van der Waals surface area contributed by atoms with E-state index >= 15 is 0 Å². The Morgan fingerprint density at radius 2 is 1.70 bits per heavy atom. The lowest BCUT2D eigenvalue weighted by Crippen LogP contribution is -2.04. The highest BCUT2D eigenvalue weighted by Gasteiger charge is 2.08. The van der Waals surface area contributed by atoms with Gasteiger partial charge in [-0.05, 0) is 17.7 Å². The SMILES string of the molecule is COc1ccc(CNc2nnc(Cl)c3ccccc23)cc1OC. The van der Waals surface area contributed by atoms with Gasteiger partial charge in [-0.15, -0.1) is 10.2 Å². The number of fused-ring (bicyclic) bond motifs is 1. The Morgan fingerprint density at radius 3 is 2.43 bits per heavy atom. The number of hydrogen-bond donors (Lipinski definition) is 1. The molecule has 0 aliphatic carbocycles. The topological polar surface area (TPSA) is 56.3 Å². The van der Waals surface area contributed by atoms with Crippen LogP contribution >= 0.6 is 11.6 Å². The van der Waals surface area contributed by atoms with Gasteiger partial charge in [0.25, 0.3) is 0 Å². The Hall–Kier alpha value is -2.53. The van der Waals surface area contributed by atoms with E-state index in [0.29, 0.717) is 29.0 Å². The van der Waals surface area contributed by atoms with Crippen LogP contribution in [0, 0.1) is 0 Å². The van der Waals surface area contributed by atoms with Gasteiger partial charge in [-0.2, -0.15) is 0 Å². The molecule has 3 aromatic rings. The molecular formula is C17H16ClN3O2. The minimum absolute atomic E-state index is 0.400. The fraction of sp³-hybridized carbons (Fsp3) is 0.176. The molecule has 1 N–H and O–H groups in total. The average Bonchev–Trinajstić information content (AvgIpc) is 2.61. The van der Waals surface area contributed by atoms with E-state index in [0.717, 1.165) is 16.3 Å². The molecule has 2 aromatic carbocycles. The standard InChI is InChI=1S/C17H16ClN3O2/c1-22-14-8-7-11(9-15(14)23-2)10-19-17-13-6-4-3-5-12(13)16(18)20-21-17/h3-9H,10H2,1-2H3,(H,19,21). The molecule has 0 atom stereocenters. The molecule has 0 aliphatic rings. The fourth-order valence-electron chi connectivity index (χ4n) is 2.38. The van der Waals surface area contributed by atoms with Crippen LogP contribution in [0.15, 0.2) is 42.5 Å². The highest BCUT2D eigenvalue weighted by Crippen LogP contribution is 2.29. The van der Waals surface area contributed by atoms with Crippen LogP contribution < -0.4 is 14.8 Å². The van der Waals surface area contributed by atoms with Gasteiger partial charge in [0.15, 0.2) is 22.5 Å². The lowest BCUT2D eigenvalue weighted by molar-refractivity contribution is 0.354. The molecule has 1 heterocycles. The number of hydrogen-bond acceptors (Lipinski definition) is 5. The third-order valence-corrected chi connectivity index (χ3v) is 3.83. The zero-order valence-electron chi connectivity index (χ0n) is 12.8. The molecule has 0 unspecified atom stereocenters. The van der Waals surface area contributed by atoms with Crippen molar-refractivity contribution < 1.29 is 9.47 Å². The van der Waals surface area contributed by atoms with Crippen molar-refractivity contribution in [3.63, 3.8) is 0 Å². The zero-order chi connectivity index (χ0) is 16.2. The van der Waals surface area contributed by atoms with Gasteiger partial charge in [-0.25, -0.2) is 0 Å². The lowest BCUT2D eigenvalue weighted by atomic mass is 10.1. The first-order valence-corrected chi connectivity index (χ1v) is 7.46. The van der Waals surface area contributed by atoms with Crippen LogP contribution in [0.2, 0.25) is 5.15 Å². The minimum Gasteiger partial charge on any atom is -0.493 e. The highest BCUT2D eigenvalue weighted by atomic mass is 35.5. The molecule has 0 saturated carbocycles. The predicted octanol–water partition coefficient (Wildman–Crippen LogP) is 3.91. The van der Waals surface area contributed by atoms with Crippen molar-refractivity contribution in [2.24, 2.45) is 0 Å². The number of methoxy groups -OCH3 is 2. The number of benzene rings is 2. The summed E-state index contributed by atoms with van der Waals surface area (Å²) in [5.41, 5.74) is 1.04. The molecule has 0 spiro atoms. The van der Waals surface area contributed by atoms with Crippen molar-refractivity contribution in [3.05, 3.63) is 53.2 Å². The molecule has 5 nitrogen and oxygen atoms in total. The van der Waals surface area contributed by atoms with Crippen LogP contribution in [0.25, 0.3) is 10.8 Å². The summed E-state index contributed by atoms with van der Waals surface area (Å²) in [4.78, 5) is 0. The van der Waals surface area contributed by atoms with Gasteiger partial charge in [0.2, 0.25) is 0 Å². The first-order chi connectivity index (χ1) is 11.2. The minimum atomic E-state index is 0.400. The molecule has 23 heavy (non-hydrogen) atoms. The fourth-order valence-corrected chi connectivity index (χ4v) is 2.58. The molecule has 1 aromatic heterocycles. The Morgan fingerprint density at radius 1 is 0.957 bits per heavy atom. The quantitative estimate of drug-likeness (QED) is 0.769. The number of nitrogens with zero attached hydrogens (tertiary/aromatic N) is 2. The van der Waals surface area contributed by atoms with E-state index in [9.17, 15) is 0 Å². The van der Waals surface area contributed by atoms with Crippen LogP contribution in [-0.2, 0) is 6.54 Å². The van der Waals surface area contributed by atoms with E-state index in [1.807, 2.05) is 42.5 Å². The van der Waals surface area contributed by atoms with E-state index in [1.54, 1.807) is 14.2 Å². The molecule has 3 rings (SSSR count). The van der Waals surface area contributed by atoms with Crippen molar-refractivity contribution in [2.45, 2.75) is 6.54 Å². The largest absolute Gasteiger partial charge is 0.493 e. The van der Waals surface area contributed by atoms with Crippen molar-refractivity contribution >= 4 is 28.2 Å². The maximum atomic E-state index is 6.09. The predicted molar refractivity (Wildman–Crippen MR) is 91.4 cm³/mol. The van der Waals surface area contributed by atoms with Gasteiger partial charge in [0.05, 0.1) is 14.2 Å². The number of anilines is 1. The average molecular weight is 330 g/mol. The molecule has 0 aliphatic heterocycles. The summed E-state index contributed by atoms with van der Waals surface area (Å²) in [6.07, 6.45) is 0. The van der Waals surface area contributed by atoms with Gasteiger partial charge in [0.1, 0.15) is 0 Å². The molecule has 118 valence electrons. The summed E-state index contributed by atoms with van der Waals surface area (Å²) in [7, 11) is 3.23. The molecular weight excluding hydrogens is 314 g/mol. The summed E-state index contributed by atoms with van der Waals surface area (Å²) in [6, 6.07) is 13.5. The second-order valence-electron chi connectivity index (χ2n) is 4.93. The maximum absolute atomic E-state index is 6.09. The zero-order valence-corrected chi connectivity index (χ0v) is 13.6. The van der Waals surface area contributed by atoms with Gasteiger partial charge >= 0.3 is 0 Å². The summed E-state index contributed by atoms with van der Waals surface area (Å²) in [5.74, 6) is 2.09. The van der Waals surface area contributed by atoms with Crippen LogP contribution in [0.4, 0.5) is 5.82 Å². The van der Waals surface area contributed by atoms with E-state index in [4.69, 9.17) is 21.1 Å². The van der Waals surface area contributed by atoms with Crippen LogP contribution in [0.5, 0.6) is 11.5 Å². The number of nitrogens with one attached hydrogen (secondary N) is 1. The Labute approximate surface area is 139 Å². The molecule has 0 bridgehead atoms. The van der Waals surface area contributed by atoms with Gasteiger partial charge in [-0.3, -0.25) is 0 Å². The monoisotopic (exact) mass is 329 g/mol. The van der Waals surface area contributed by atoms with E-state index in [2.05, 4.69) is 15.5 Å². The summed E-state index contributed by atoms with van der Waals surface area (Å²) in [6.45, 7) is 0.584. The highest BCUT2D eigenvalue weighted by molar-refractivity contribution is 6.34. The molecule has 6 heteroatoms. The molecule has 0 radical (unpaired) electrons. The number of ether oxygens (including phenoxy) is 2. The second-order valence-corrected chi connectivity index (χ2v) is 5.29. The third kappa shape index (κ3) is 3.14. The summed E-state index contributed by atoms with van der Waals surface area (Å²) >= 11 is 6.09. The molecule has 0 saturated heterocycles. The molecule has 0 fully saturated rings. The van der Waals surface area contributed by atoms with E-state index in [1.165, 1.54) is 0 Å². The Kier molecular flexibility index (Phi) is 4.48. The van der Waals surface area contributed by atoms with Crippen LogP contribution in [0.3, 0.4) is 0 Å². The number of halogens is 1. The first-order valence-electron chi connectivity index (χ1n) is 7.08. The maximum Gasteiger partial charge on any atom is 0.161 e. The smallest absolute Gasteiger partial charge is 0.161 e. The first kappa shape index (κ1) is 15.4. The van der Waals surface area contributed by atoms with Gasteiger partial charge < -0.3 is 14.8 Å².